The van der Waals surface area contributed by atoms with Crippen LogP contribution in [0.4, 0.5) is 5.69 Å². The van der Waals surface area contributed by atoms with Crippen molar-refractivity contribution in [2.45, 2.75) is 25.8 Å². The molecule has 3 amide bonds. The van der Waals surface area contributed by atoms with Gasteiger partial charge in [-0.25, -0.2) is 0 Å². The lowest BCUT2D eigenvalue weighted by Crippen LogP contribution is -2.44. The summed E-state index contributed by atoms with van der Waals surface area (Å²) < 4.78 is 0. The molecule has 1 atom stereocenters. The topological polar surface area (TPSA) is 101 Å². The largest absolute Gasteiger partial charge is 0.366 e. The van der Waals surface area contributed by atoms with Crippen molar-refractivity contribution in [1.29, 1.82) is 0 Å². The van der Waals surface area contributed by atoms with Crippen LogP contribution in [-0.2, 0) is 9.59 Å². The number of thioether (sulfide) groups is 1. The maximum atomic E-state index is 12.4. The summed E-state index contributed by atoms with van der Waals surface area (Å²) in [6.07, 6.45) is 2.74. The van der Waals surface area contributed by atoms with Gasteiger partial charge in [-0.15, -0.1) is 0 Å². The van der Waals surface area contributed by atoms with Crippen LogP contribution >= 0.6 is 23.4 Å². The zero-order chi connectivity index (χ0) is 17.4. The Balaban J connectivity index is 2.86. The van der Waals surface area contributed by atoms with Crippen molar-refractivity contribution >= 4 is 46.8 Å². The molecule has 6 nitrogen and oxygen atoms in total. The number of amides is 3. The van der Waals surface area contributed by atoms with E-state index in [-0.39, 0.29) is 22.4 Å². The number of anilines is 1. The van der Waals surface area contributed by atoms with Gasteiger partial charge in [0.25, 0.3) is 0 Å². The quantitative estimate of drug-likeness (QED) is 0.662. The van der Waals surface area contributed by atoms with E-state index >= 15 is 0 Å². The van der Waals surface area contributed by atoms with E-state index in [4.69, 9.17) is 17.3 Å². The molecule has 0 aliphatic carbocycles. The van der Waals surface area contributed by atoms with Crippen LogP contribution in [0.1, 0.15) is 30.1 Å². The molecule has 0 bridgehead atoms. The predicted octanol–water partition coefficient (Wildman–Crippen LogP) is 2.03. The Kier molecular flexibility index (Phi) is 7.91. The molecule has 0 heterocycles. The van der Waals surface area contributed by atoms with Crippen LogP contribution in [0.3, 0.4) is 0 Å². The normalized spacial score (nSPS) is 11.6. The molecule has 0 aliphatic rings. The van der Waals surface area contributed by atoms with Crippen LogP contribution in [-0.4, -0.2) is 35.8 Å². The van der Waals surface area contributed by atoms with Crippen LogP contribution in [0.15, 0.2) is 18.2 Å². The van der Waals surface area contributed by atoms with E-state index in [0.29, 0.717) is 18.5 Å². The molecule has 0 saturated carbocycles. The average Bonchev–Trinajstić information content (AvgIpc) is 2.52. The molecule has 1 aromatic carbocycles. The highest BCUT2D eigenvalue weighted by atomic mass is 35.5. The van der Waals surface area contributed by atoms with Crippen LogP contribution in [0, 0.1) is 0 Å². The number of rotatable bonds is 8. The van der Waals surface area contributed by atoms with Gasteiger partial charge >= 0.3 is 0 Å². The number of primary amides is 1. The number of nitrogens with one attached hydrogen (secondary N) is 2. The predicted molar refractivity (Wildman–Crippen MR) is 93.8 cm³/mol. The third-order valence-electron chi connectivity index (χ3n) is 3.08. The van der Waals surface area contributed by atoms with E-state index < -0.39 is 11.9 Å². The molecule has 0 unspecified atom stereocenters. The van der Waals surface area contributed by atoms with Crippen molar-refractivity contribution in [3.05, 3.63) is 28.8 Å². The summed E-state index contributed by atoms with van der Waals surface area (Å²) in [5, 5.41) is 5.58. The Morgan fingerprint density at radius 2 is 2.04 bits per heavy atom. The molecule has 0 saturated heterocycles. The van der Waals surface area contributed by atoms with E-state index in [9.17, 15) is 14.4 Å². The third kappa shape index (κ3) is 6.11. The molecule has 4 N–H and O–H groups in total. The highest BCUT2D eigenvalue weighted by Crippen LogP contribution is 2.20. The van der Waals surface area contributed by atoms with Gasteiger partial charge in [0.2, 0.25) is 17.7 Å². The van der Waals surface area contributed by atoms with E-state index in [2.05, 4.69) is 10.6 Å². The Labute approximate surface area is 144 Å². The SMILES string of the molecule is CCC(=O)N[C@H](CCSC)C(=O)Nc1ccc(Cl)c(C(N)=O)c1. The summed E-state index contributed by atoms with van der Waals surface area (Å²) in [5.41, 5.74) is 5.75. The number of halogens is 1. The van der Waals surface area contributed by atoms with E-state index in [1.54, 1.807) is 24.8 Å². The molecule has 1 aromatic rings. The average molecular weight is 358 g/mol. The van der Waals surface area contributed by atoms with Gasteiger partial charge in [0.05, 0.1) is 10.6 Å². The van der Waals surface area contributed by atoms with Gasteiger partial charge in [-0.1, -0.05) is 18.5 Å². The van der Waals surface area contributed by atoms with Crippen molar-refractivity contribution in [2.75, 3.05) is 17.3 Å². The standard InChI is InChI=1S/C15H20ClN3O3S/c1-3-13(20)19-12(6-7-23-2)15(22)18-9-4-5-11(16)10(8-9)14(17)21/h4-5,8,12H,3,6-7H2,1-2H3,(H2,17,21)(H,18,22)(H,19,20)/t12-/m1/s1. The Morgan fingerprint density at radius 1 is 1.35 bits per heavy atom. The van der Waals surface area contributed by atoms with Gasteiger partial charge in [0.1, 0.15) is 6.04 Å². The highest BCUT2D eigenvalue weighted by Gasteiger charge is 2.20. The molecule has 0 aliphatic heterocycles. The summed E-state index contributed by atoms with van der Waals surface area (Å²) in [6.45, 7) is 1.72. The molecule has 126 valence electrons. The Bertz CT molecular complexity index is 595. The fraction of sp³-hybridized carbons (Fsp3) is 0.400. The second-order valence-corrected chi connectivity index (χ2v) is 6.20. The fourth-order valence-electron chi connectivity index (χ4n) is 1.82. The van der Waals surface area contributed by atoms with Crippen molar-refractivity contribution in [2.24, 2.45) is 5.73 Å². The van der Waals surface area contributed by atoms with Crippen LogP contribution < -0.4 is 16.4 Å². The van der Waals surface area contributed by atoms with E-state index in [1.807, 2.05) is 6.26 Å². The smallest absolute Gasteiger partial charge is 0.250 e. The number of hydrogen-bond acceptors (Lipinski definition) is 4. The summed E-state index contributed by atoms with van der Waals surface area (Å²) >= 11 is 7.46. The second-order valence-electron chi connectivity index (χ2n) is 4.80. The van der Waals surface area contributed by atoms with E-state index in [0.717, 1.165) is 5.75 Å². The first-order chi connectivity index (χ1) is 10.9. The van der Waals surface area contributed by atoms with Crippen LogP contribution in [0.2, 0.25) is 5.02 Å². The number of nitrogens with two attached hydrogens (primary N) is 1. The first-order valence-electron chi connectivity index (χ1n) is 7.07. The van der Waals surface area contributed by atoms with Gasteiger partial charge in [-0.3, -0.25) is 14.4 Å². The van der Waals surface area contributed by atoms with Gasteiger partial charge in [-0.05, 0) is 36.6 Å². The molecule has 23 heavy (non-hydrogen) atoms. The zero-order valence-corrected chi connectivity index (χ0v) is 14.6. The monoisotopic (exact) mass is 357 g/mol. The van der Waals surface area contributed by atoms with Gasteiger partial charge in [0, 0.05) is 12.1 Å². The summed E-state index contributed by atoms with van der Waals surface area (Å²) in [4.78, 5) is 35.2. The molecule has 0 aromatic heterocycles. The first-order valence-corrected chi connectivity index (χ1v) is 8.84. The minimum absolute atomic E-state index is 0.128. The summed E-state index contributed by atoms with van der Waals surface area (Å²) in [7, 11) is 0. The number of carbonyl (C=O) groups excluding carboxylic acids is 3. The Hall–Kier alpha value is -1.73. The molecule has 0 fully saturated rings. The lowest BCUT2D eigenvalue weighted by Gasteiger charge is -2.18. The van der Waals surface area contributed by atoms with Crippen LogP contribution in [0.25, 0.3) is 0 Å². The Morgan fingerprint density at radius 3 is 2.61 bits per heavy atom. The molecule has 1 rings (SSSR count). The minimum Gasteiger partial charge on any atom is -0.366 e. The minimum atomic E-state index is -0.677. The summed E-state index contributed by atoms with van der Waals surface area (Å²) in [6, 6.07) is 3.83. The lowest BCUT2D eigenvalue weighted by atomic mass is 10.1. The first kappa shape index (κ1) is 19.3. The van der Waals surface area contributed by atoms with Crippen molar-refractivity contribution in [3.63, 3.8) is 0 Å². The van der Waals surface area contributed by atoms with Crippen molar-refractivity contribution in [3.8, 4) is 0 Å². The maximum Gasteiger partial charge on any atom is 0.250 e. The molecular weight excluding hydrogens is 338 g/mol. The van der Waals surface area contributed by atoms with Crippen molar-refractivity contribution in [1.82, 2.24) is 5.32 Å². The molecular formula is C15H20ClN3O3S. The molecule has 0 spiro atoms. The third-order valence-corrected chi connectivity index (χ3v) is 4.06. The fourth-order valence-corrected chi connectivity index (χ4v) is 2.50. The maximum absolute atomic E-state index is 12.4. The zero-order valence-electron chi connectivity index (χ0n) is 13.0. The number of hydrogen-bond donors (Lipinski definition) is 3. The molecule has 0 radical (unpaired) electrons. The van der Waals surface area contributed by atoms with Gasteiger partial charge < -0.3 is 16.4 Å². The van der Waals surface area contributed by atoms with Gasteiger partial charge in [0.15, 0.2) is 0 Å². The number of benzene rings is 1. The summed E-state index contributed by atoms with van der Waals surface area (Å²) in [5.74, 6) is -0.488. The van der Waals surface area contributed by atoms with Crippen molar-refractivity contribution < 1.29 is 14.4 Å². The second kappa shape index (κ2) is 9.42. The number of carbonyl (C=O) groups is 3. The van der Waals surface area contributed by atoms with Crippen LogP contribution in [0.5, 0.6) is 0 Å². The van der Waals surface area contributed by atoms with E-state index in [1.165, 1.54) is 12.1 Å². The van der Waals surface area contributed by atoms with Gasteiger partial charge in [-0.2, -0.15) is 11.8 Å². The molecule has 8 heteroatoms. The lowest BCUT2D eigenvalue weighted by molar-refractivity contribution is -0.126. The highest BCUT2D eigenvalue weighted by molar-refractivity contribution is 7.98.